The topological polar surface area (TPSA) is 66.6 Å². The molecule has 1 aromatic heterocycles. The molecule has 3 atom stereocenters. The highest BCUT2D eigenvalue weighted by atomic mass is 16.5. The van der Waals surface area contributed by atoms with E-state index in [1.807, 2.05) is 4.90 Å². The van der Waals surface area contributed by atoms with Crippen LogP contribution in [0.5, 0.6) is 0 Å². The molecule has 3 fully saturated rings. The third-order valence-electron chi connectivity index (χ3n) is 5.04. The number of amides is 1. The molecule has 1 aromatic rings. The van der Waals surface area contributed by atoms with E-state index in [2.05, 4.69) is 5.16 Å². The Balaban J connectivity index is 1.50. The molecule has 2 saturated carbocycles. The lowest BCUT2D eigenvalue weighted by atomic mass is 9.75. The molecular formula is C15H20N2O3. The minimum Gasteiger partial charge on any atom is -0.392 e. The molecule has 0 radical (unpaired) electrons. The second-order valence-electron chi connectivity index (χ2n) is 6.54. The Kier molecular flexibility index (Phi) is 2.84. The zero-order valence-electron chi connectivity index (χ0n) is 11.5. The first-order valence-corrected chi connectivity index (χ1v) is 7.66. The number of fused-ring (bicyclic) bond motifs is 2. The maximum absolute atomic E-state index is 12.5. The summed E-state index contributed by atoms with van der Waals surface area (Å²) < 4.78 is 5.27. The zero-order chi connectivity index (χ0) is 13.7. The summed E-state index contributed by atoms with van der Waals surface area (Å²) in [5.41, 5.74) is 0.432. The molecule has 1 unspecified atom stereocenters. The molecule has 1 N–H and O–H groups in total. The maximum atomic E-state index is 12.5. The van der Waals surface area contributed by atoms with E-state index in [0.717, 1.165) is 31.4 Å². The summed E-state index contributed by atoms with van der Waals surface area (Å²) in [6, 6.07) is 1.81. The van der Waals surface area contributed by atoms with Gasteiger partial charge in [-0.1, -0.05) is 11.6 Å². The molecule has 5 nitrogen and oxygen atoms in total. The SMILES string of the molecule is O=C(c1cc(C2CC2)on1)N1C[C@H]2CCC[C@@H](C1)C2O. The van der Waals surface area contributed by atoms with Crippen LogP contribution in [0.4, 0.5) is 0 Å². The molecule has 1 amide bonds. The van der Waals surface area contributed by atoms with Crippen molar-refractivity contribution in [3.8, 4) is 0 Å². The number of aliphatic hydroxyl groups is 1. The number of rotatable bonds is 2. The van der Waals surface area contributed by atoms with Crippen LogP contribution in [-0.2, 0) is 0 Å². The highest BCUT2D eigenvalue weighted by molar-refractivity contribution is 5.92. The van der Waals surface area contributed by atoms with Crippen LogP contribution in [0, 0.1) is 11.8 Å². The van der Waals surface area contributed by atoms with E-state index in [0.29, 0.717) is 24.7 Å². The van der Waals surface area contributed by atoms with Crippen LogP contribution in [0.2, 0.25) is 0 Å². The van der Waals surface area contributed by atoms with Crippen LogP contribution in [0.15, 0.2) is 10.6 Å². The Morgan fingerprint density at radius 3 is 2.60 bits per heavy atom. The number of aromatic nitrogens is 1. The number of hydrogen-bond acceptors (Lipinski definition) is 4. The third kappa shape index (κ3) is 2.04. The van der Waals surface area contributed by atoms with Crippen molar-refractivity contribution < 1.29 is 14.4 Å². The lowest BCUT2D eigenvalue weighted by Gasteiger charge is -2.44. The lowest BCUT2D eigenvalue weighted by molar-refractivity contribution is -0.0415. The van der Waals surface area contributed by atoms with Gasteiger partial charge in [0, 0.05) is 36.9 Å². The smallest absolute Gasteiger partial charge is 0.276 e. The fourth-order valence-corrected chi connectivity index (χ4v) is 3.69. The molecule has 0 spiro atoms. The quantitative estimate of drug-likeness (QED) is 0.894. The molecule has 5 heteroatoms. The largest absolute Gasteiger partial charge is 0.392 e. The fraction of sp³-hybridized carbons (Fsp3) is 0.733. The highest BCUT2D eigenvalue weighted by Crippen LogP contribution is 2.40. The molecule has 20 heavy (non-hydrogen) atoms. The van der Waals surface area contributed by atoms with Crippen LogP contribution < -0.4 is 0 Å². The molecule has 0 aromatic carbocycles. The molecule has 1 saturated heterocycles. The monoisotopic (exact) mass is 276 g/mol. The molecule has 2 heterocycles. The van der Waals surface area contributed by atoms with Crippen LogP contribution in [0.3, 0.4) is 0 Å². The number of aliphatic hydroxyl groups excluding tert-OH is 1. The summed E-state index contributed by atoms with van der Waals surface area (Å²) in [6.45, 7) is 1.31. The van der Waals surface area contributed by atoms with Gasteiger partial charge in [-0.2, -0.15) is 0 Å². The second-order valence-corrected chi connectivity index (χ2v) is 6.54. The summed E-state index contributed by atoms with van der Waals surface area (Å²) in [5.74, 6) is 1.77. The van der Waals surface area contributed by atoms with Crippen molar-refractivity contribution in [1.82, 2.24) is 10.1 Å². The van der Waals surface area contributed by atoms with Crippen LogP contribution in [0.1, 0.15) is 54.3 Å². The molecule has 108 valence electrons. The Labute approximate surface area is 117 Å². The van der Waals surface area contributed by atoms with Gasteiger partial charge in [0.15, 0.2) is 5.69 Å². The van der Waals surface area contributed by atoms with Crippen molar-refractivity contribution in [2.75, 3.05) is 13.1 Å². The van der Waals surface area contributed by atoms with Gasteiger partial charge in [-0.25, -0.2) is 0 Å². The molecule has 2 aliphatic carbocycles. The van der Waals surface area contributed by atoms with E-state index in [-0.39, 0.29) is 23.8 Å². The predicted molar refractivity (Wildman–Crippen MR) is 71.2 cm³/mol. The maximum Gasteiger partial charge on any atom is 0.276 e. The van der Waals surface area contributed by atoms with Gasteiger partial charge in [-0.05, 0) is 25.7 Å². The van der Waals surface area contributed by atoms with Gasteiger partial charge >= 0.3 is 0 Å². The third-order valence-corrected chi connectivity index (χ3v) is 5.04. The van der Waals surface area contributed by atoms with Gasteiger partial charge in [0.05, 0.1) is 6.10 Å². The lowest BCUT2D eigenvalue weighted by Crippen LogP contribution is -2.53. The van der Waals surface area contributed by atoms with Crippen LogP contribution in [-0.4, -0.2) is 40.3 Å². The molecule has 4 rings (SSSR count). The molecule has 3 aliphatic rings. The Morgan fingerprint density at radius 2 is 1.95 bits per heavy atom. The summed E-state index contributed by atoms with van der Waals surface area (Å²) in [5, 5.41) is 14.1. The van der Waals surface area contributed by atoms with Gasteiger partial charge in [0.25, 0.3) is 5.91 Å². The number of carbonyl (C=O) groups excluding carboxylic acids is 1. The first-order valence-electron chi connectivity index (χ1n) is 7.66. The first-order chi connectivity index (χ1) is 9.72. The standard InChI is InChI=1S/C15H20N2O3/c18-14-10-2-1-3-11(14)8-17(7-10)15(19)12-6-13(20-16-12)9-4-5-9/h6,9-11,14,18H,1-5,7-8H2/t10-,11+,14?. The Bertz CT molecular complexity index is 509. The van der Waals surface area contributed by atoms with Crippen LogP contribution in [0.25, 0.3) is 0 Å². The summed E-state index contributed by atoms with van der Waals surface area (Å²) in [6.07, 6.45) is 5.27. The van der Waals surface area contributed by atoms with Crippen molar-refractivity contribution in [3.05, 3.63) is 17.5 Å². The Morgan fingerprint density at radius 1 is 1.25 bits per heavy atom. The van der Waals surface area contributed by atoms with Crippen molar-refractivity contribution in [3.63, 3.8) is 0 Å². The zero-order valence-corrected chi connectivity index (χ0v) is 11.5. The van der Waals surface area contributed by atoms with Crippen LogP contribution >= 0.6 is 0 Å². The molecule has 1 aliphatic heterocycles. The van der Waals surface area contributed by atoms with E-state index in [1.165, 1.54) is 6.42 Å². The van der Waals surface area contributed by atoms with Crippen molar-refractivity contribution in [2.24, 2.45) is 11.8 Å². The highest BCUT2D eigenvalue weighted by Gasteiger charge is 2.40. The molecule has 2 bridgehead atoms. The number of piperidine rings is 1. The fourth-order valence-electron chi connectivity index (χ4n) is 3.69. The van der Waals surface area contributed by atoms with E-state index in [9.17, 15) is 9.90 Å². The number of nitrogens with zero attached hydrogens (tertiary/aromatic N) is 2. The predicted octanol–water partition coefficient (Wildman–Crippen LogP) is 1.79. The van der Waals surface area contributed by atoms with E-state index in [1.54, 1.807) is 6.07 Å². The minimum absolute atomic E-state index is 0.0375. The minimum atomic E-state index is -0.230. The summed E-state index contributed by atoms with van der Waals surface area (Å²) in [4.78, 5) is 14.4. The number of likely N-dealkylation sites (tertiary alicyclic amines) is 1. The van der Waals surface area contributed by atoms with Gasteiger partial charge in [0.1, 0.15) is 5.76 Å². The van der Waals surface area contributed by atoms with Gasteiger partial charge in [0.2, 0.25) is 0 Å². The van der Waals surface area contributed by atoms with Gasteiger partial charge in [-0.3, -0.25) is 4.79 Å². The second kappa shape index (κ2) is 4.58. The van der Waals surface area contributed by atoms with Gasteiger partial charge in [-0.15, -0.1) is 0 Å². The van der Waals surface area contributed by atoms with Crippen molar-refractivity contribution in [1.29, 1.82) is 0 Å². The van der Waals surface area contributed by atoms with E-state index in [4.69, 9.17) is 4.52 Å². The normalized spacial score (nSPS) is 33.2. The van der Waals surface area contributed by atoms with Crippen molar-refractivity contribution in [2.45, 2.75) is 44.1 Å². The summed E-state index contributed by atoms with van der Waals surface area (Å²) in [7, 11) is 0. The number of hydrogen-bond donors (Lipinski definition) is 1. The average molecular weight is 276 g/mol. The van der Waals surface area contributed by atoms with E-state index < -0.39 is 0 Å². The van der Waals surface area contributed by atoms with E-state index >= 15 is 0 Å². The van der Waals surface area contributed by atoms with Gasteiger partial charge < -0.3 is 14.5 Å². The molecular weight excluding hydrogens is 256 g/mol. The number of carbonyl (C=O) groups is 1. The Hall–Kier alpha value is -1.36. The van der Waals surface area contributed by atoms with Crippen molar-refractivity contribution >= 4 is 5.91 Å². The first kappa shape index (κ1) is 12.4. The average Bonchev–Trinajstić information content (AvgIpc) is 3.15. The summed E-state index contributed by atoms with van der Waals surface area (Å²) >= 11 is 0.